The van der Waals surface area contributed by atoms with Gasteiger partial charge >= 0.3 is 0 Å². The number of aliphatic hydroxyl groups is 1. The first-order valence-corrected chi connectivity index (χ1v) is 7.72. The van der Waals surface area contributed by atoms with Crippen molar-refractivity contribution in [1.29, 1.82) is 0 Å². The van der Waals surface area contributed by atoms with Gasteiger partial charge in [-0.1, -0.05) is 0 Å². The second kappa shape index (κ2) is 6.24. The fraction of sp³-hybridized carbons (Fsp3) is 1.00. The average molecular weight is 244 g/mol. The minimum absolute atomic E-state index is 0.355. The summed E-state index contributed by atoms with van der Waals surface area (Å²) in [5, 5.41) is 13.3. The number of nitrogens with zero attached hydrogens (tertiary/aromatic N) is 1. The molecule has 2 heterocycles. The van der Waals surface area contributed by atoms with Crippen LogP contribution in [0.2, 0.25) is 0 Å². The van der Waals surface area contributed by atoms with Gasteiger partial charge in [-0.2, -0.15) is 11.8 Å². The number of aliphatic hydroxyl groups excluding tert-OH is 1. The second-order valence-corrected chi connectivity index (χ2v) is 6.09. The Morgan fingerprint density at radius 2 is 2.31 bits per heavy atom. The molecule has 3 atom stereocenters. The number of thioether (sulfide) groups is 1. The van der Waals surface area contributed by atoms with E-state index in [1.54, 1.807) is 0 Å². The van der Waals surface area contributed by atoms with Crippen molar-refractivity contribution in [2.75, 3.05) is 39.0 Å². The zero-order valence-electron chi connectivity index (χ0n) is 10.2. The Hall–Kier alpha value is 0.230. The quantitative estimate of drug-likeness (QED) is 0.766. The number of rotatable bonds is 4. The fourth-order valence-corrected chi connectivity index (χ4v) is 3.93. The number of nitrogens with one attached hydrogen (secondary N) is 1. The Morgan fingerprint density at radius 3 is 3.06 bits per heavy atom. The molecule has 3 nitrogen and oxygen atoms in total. The van der Waals surface area contributed by atoms with Gasteiger partial charge in [0.1, 0.15) is 0 Å². The molecule has 0 aromatic carbocycles. The summed E-state index contributed by atoms with van der Waals surface area (Å²) in [5.74, 6) is 0.724. The van der Waals surface area contributed by atoms with Crippen molar-refractivity contribution in [3.63, 3.8) is 0 Å². The minimum atomic E-state index is 0.355. The molecular formula is C12H24N2OS. The average Bonchev–Trinajstić information content (AvgIpc) is 2.78. The molecule has 0 saturated carbocycles. The lowest BCUT2D eigenvalue weighted by Crippen LogP contribution is -2.47. The zero-order chi connectivity index (χ0) is 11.4. The Balaban J connectivity index is 1.88. The van der Waals surface area contributed by atoms with Gasteiger partial charge in [-0.05, 0) is 38.0 Å². The zero-order valence-corrected chi connectivity index (χ0v) is 11.0. The van der Waals surface area contributed by atoms with Crippen LogP contribution in [0.25, 0.3) is 0 Å². The summed E-state index contributed by atoms with van der Waals surface area (Å²) in [7, 11) is 0. The number of hydrogen-bond donors (Lipinski definition) is 2. The summed E-state index contributed by atoms with van der Waals surface area (Å²) in [6, 6.07) is 0.719. The maximum Gasteiger partial charge on any atom is 0.0434 e. The first-order valence-electron chi connectivity index (χ1n) is 6.43. The smallest absolute Gasteiger partial charge is 0.0434 e. The van der Waals surface area contributed by atoms with Crippen LogP contribution in [0, 0.1) is 5.92 Å². The van der Waals surface area contributed by atoms with Crippen LogP contribution < -0.4 is 5.32 Å². The molecular weight excluding hydrogens is 220 g/mol. The Labute approximate surface area is 103 Å². The second-order valence-electron chi connectivity index (χ2n) is 5.02. The van der Waals surface area contributed by atoms with Gasteiger partial charge in [0.2, 0.25) is 0 Å². The molecule has 0 aromatic rings. The van der Waals surface area contributed by atoms with Crippen molar-refractivity contribution in [3.05, 3.63) is 0 Å². The highest BCUT2D eigenvalue weighted by Gasteiger charge is 2.33. The molecule has 0 aromatic heterocycles. The maximum absolute atomic E-state index is 9.03. The van der Waals surface area contributed by atoms with Gasteiger partial charge in [0.05, 0.1) is 0 Å². The minimum Gasteiger partial charge on any atom is -0.396 e. The molecule has 2 N–H and O–H groups in total. The molecule has 3 unspecified atom stereocenters. The number of likely N-dealkylation sites (tertiary alicyclic amines) is 1. The molecule has 4 heteroatoms. The molecule has 2 aliphatic heterocycles. The van der Waals surface area contributed by atoms with E-state index >= 15 is 0 Å². The van der Waals surface area contributed by atoms with Crippen LogP contribution in [0.5, 0.6) is 0 Å². The lowest BCUT2D eigenvalue weighted by atomic mass is 9.94. The van der Waals surface area contributed by atoms with Crippen LogP contribution in [0.15, 0.2) is 0 Å². The summed E-state index contributed by atoms with van der Waals surface area (Å²) < 4.78 is 0. The summed E-state index contributed by atoms with van der Waals surface area (Å²) in [5.41, 5.74) is 0. The lowest BCUT2D eigenvalue weighted by Gasteiger charge is -2.38. The van der Waals surface area contributed by atoms with E-state index in [4.69, 9.17) is 5.11 Å². The van der Waals surface area contributed by atoms with Gasteiger partial charge in [-0.15, -0.1) is 0 Å². The third kappa shape index (κ3) is 2.92. The van der Waals surface area contributed by atoms with Crippen LogP contribution >= 0.6 is 11.8 Å². The van der Waals surface area contributed by atoms with E-state index in [0.717, 1.165) is 36.7 Å². The van der Waals surface area contributed by atoms with E-state index in [9.17, 15) is 0 Å². The normalized spacial score (nSPS) is 36.8. The third-order valence-corrected chi connectivity index (χ3v) is 5.07. The van der Waals surface area contributed by atoms with Crippen LogP contribution in [-0.4, -0.2) is 60.3 Å². The maximum atomic E-state index is 9.03. The summed E-state index contributed by atoms with van der Waals surface area (Å²) >= 11 is 2.00. The standard InChI is InChI=1S/C12H24N2OS/c1-16-12-8-13-7-11(12)14-5-2-3-10(9-14)4-6-15/h10-13,15H,2-9H2,1H3. The molecule has 0 bridgehead atoms. The highest BCUT2D eigenvalue weighted by atomic mass is 32.2. The van der Waals surface area contributed by atoms with Crippen molar-refractivity contribution in [3.8, 4) is 0 Å². The van der Waals surface area contributed by atoms with E-state index in [2.05, 4.69) is 16.5 Å². The van der Waals surface area contributed by atoms with Gasteiger partial charge in [0, 0.05) is 37.5 Å². The van der Waals surface area contributed by atoms with Crippen molar-refractivity contribution in [2.24, 2.45) is 5.92 Å². The molecule has 0 radical (unpaired) electrons. The number of piperidine rings is 1. The molecule has 2 rings (SSSR count). The van der Waals surface area contributed by atoms with Gasteiger partial charge in [-0.3, -0.25) is 4.90 Å². The molecule has 0 spiro atoms. The molecule has 2 saturated heterocycles. The van der Waals surface area contributed by atoms with Gasteiger partial charge in [-0.25, -0.2) is 0 Å². The van der Waals surface area contributed by atoms with Gasteiger partial charge in [0.25, 0.3) is 0 Å². The van der Waals surface area contributed by atoms with Crippen LogP contribution in [0.3, 0.4) is 0 Å². The monoisotopic (exact) mass is 244 g/mol. The number of hydrogen-bond acceptors (Lipinski definition) is 4. The largest absolute Gasteiger partial charge is 0.396 e. The Kier molecular flexibility index (Phi) is 4.95. The van der Waals surface area contributed by atoms with Crippen LogP contribution in [0.1, 0.15) is 19.3 Å². The summed E-state index contributed by atoms with van der Waals surface area (Å²) in [6.07, 6.45) is 5.82. The SMILES string of the molecule is CSC1CNCC1N1CCCC(CCO)C1. The lowest BCUT2D eigenvalue weighted by molar-refractivity contribution is 0.116. The molecule has 2 aliphatic rings. The Bertz CT molecular complexity index is 213. The highest BCUT2D eigenvalue weighted by molar-refractivity contribution is 7.99. The first kappa shape index (κ1) is 12.7. The fourth-order valence-electron chi connectivity index (χ4n) is 3.06. The predicted octanol–water partition coefficient (Wildman–Crippen LogP) is 0.784. The third-order valence-electron chi connectivity index (χ3n) is 3.99. The summed E-state index contributed by atoms with van der Waals surface area (Å²) in [6.45, 7) is 5.12. The van der Waals surface area contributed by atoms with Crippen LogP contribution in [0.4, 0.5) is 0 Å². The molecule has 16 heavy (non-hydrogen) atoms. The van der Waals surface area contributed by atoms with E-state index in [-0.39, 0.29) is 0 Å². The molecule has 0 amide bonds. The van der Waals surface area contributed by atoms with Crippen molar-refractivity contribution < 1.29 is 5.11 Å². The molecule has 0 aliphatic carbocycles. The molecule has 94 valence electrons. The first-order chi connectivity index (χ1) is 7.85. The molecule has 2 fully saturated rings. The van der Waals surface area contributed by atoms with Crippen molar-refractivity contribution in [2.45, 2.75) is 30.6 Å². The van der Waals surface area contributed by atoms with E-state index in [0.29, 0.717) is 6.61 Å². The van der Waals surface area contributed by atoms with Gasteiger partial charge in [0.15, 0.2) is 0 Å². The summed E-state index contributed by atoms with van der Waals surface area (Å²) in [4.78, 5) is 2.66. The van der Waals surface area contributed by atoms with Crippen molar-refractivity contribution >= 4 is 11.8 Å². The van der Waals surface area contributed by atoms with Gasteiger partial charge < -0.3 is 10.4 Å². The highest BCUT2D eigenvalue weighted by Crippen LogP contribution is 2.26. The van der Waals surface area contributed by atoms with Crippen molar-refractivity contribution in [1.82, 2.24) is 10.2 Å². The topological polar surface area (TPSA) is 35.5 Å². The van der Waals surface area contributed by atoms with E-state index in [1.807, 2.05) is 11.8 Å². The van der Waals surface area contributed by atoms with E-state index < -0.39 is 0 Å². The van der Waals surface area contributed by atoms with E-state index in [1.165, 1.54) is 25.9 Å². The Morgan fingerprint density at radius 1 is 1.44 bits per heavy atom. The van der Waals surface area contributed by atoms with Crippen LogP contribution in [-0.2, 0) is 0 Å². The predicted molar refractivity (Wildman–Crippen MR) is 70.0 cm³/mol.